The molecule has 0 aliphatic rings. The van der Waals surface area contributed by atoms with Crippen molar-refractivity contribution in [1.29, 1.82) is 0 Å². The van der Waals surface area contributed by atoms with Gasteiger partial charge in [0, 0.05) is 32.2 Å². The number of benzene rings is 2. The van der Waals surface area contributed by atoms with Gasteiger partial charge in [0.2, 0.25) is 0 Å². The van der Waals surface area contributed by atoms with E-state index in [4.69, 9.17) is 9.47 Å². The third-order valence-electron chi connectivity index (χ3n) is 4.39. The van der Waals surface area contributed by atoms with Gasteiger partial charge in [-0.3, -0.25) is 9.79 Å². The molecule has 2 aromatic rings. The van der Waals surface area contributed by atoms with E-state index in [-0.39, 0.29) is 5.91 Å². The minimum Gasteiger partial charge on any atom is -0.493 e. The van der Waals surface area contributed by atoms with Gasteiger partial charge in [-0.15, -0.1) is 0 Å². The molecule has 0 fully saturated rings. The Hall–Kier alpha value is -3.22. The lowest BCUT2D eigenvalue weighted by Gasteiger charge is -2.13. The Morgan fingerprint density at radius 1 is 0.931 bits per heavy atom. The first-order valence-electron chi connectivity index (χ1n) is 9.63. The maximum Gasteiger partial charge on any atom is 0.251 e. The van der Waals surface area contributed by atoms with E-state index in [1.54, 1.807) is 21.3 Å². The molecule has 0 saturated carbocycles. The molecule has 0 spiro atoms. The second-order valence-electron chi connectivity index (χ2n) is 6.35. The van der Waals surface area contributed by atoms with Crippen LogP contribution in [0.5, 0.6) is 11.5 Å². The highest BCUT2D eigenvalue weighted by atomic mass is 16.5. The van der Waals surface area contributed by atoms with Gasteiger partial charge in [-0.1, -0.05) is 18.2 Å². The number of aliphatic imine (C=N–C) groups is 1. The average Bonchev–Trinajstić information content (AvgIpc) is 2.76. The van der Waals surface area contributed by atoms with Crippen molar-refractivity contribution in [3.63, 3.8) is 0 Å². The Bertz CT molecular complexity index is 819. The van der Waals surface area contributed by atoms with E-state index in [9.17, 15) is 4.79 Å². The average molecular weight is 399 g/mol. The highest BCUT2D eigenvalue weighted by molar-refractivity contribution is 5.94. The van der Waals surface area contributed by atoms with E-state index in [0.29, 0.717) is 18.7 Å². The highest BCUT2D eigenvalue weighted by Gasteiger charge is 2.06. The van der Waals surface area contributed by atoms with Crippen molar-refractivity contribution in [2.75, 3.05) is 34.4 Å². The number of methoxy groups -OCH3 is 2. The highest BCUT2D eigenvalue weighted by Crippen LogP contribution is 2.27. The van der Waals surface area contributed by atoms with Gasteiger partial charge in [0.05, 0.1) is 14.2 Å². The van der Waals surface area contributed by atoms with Gasteiger partial charge in [-0.25, -0.2) is 0 Å². The topological polar surface area (TPSA) is 84.0 Å². The molecule has 0 saturated heterocycles. The van der Waals surface area contributed by atoms with Crippen LogP contribution < -0.4 is 25.4 Å². The van der Waals surface area contributed by atoms with Crippen LogP contribution in [0.3, 0.4) is 0 Å². The summed E-state index contributed by atoms with van der Waals surface area (Å²) in [6.07, 6.45) is 0.822. The van der Waals surface area contributed by atoms with Crippen LogP contribution in [0, 0.1) is 0 Å². The summed E-state index contributed by atoms with van der Waals surface area (Å²) in [7, 11) is 5.00. The number of guanidine groups is 1. The maximum absolute atomic E-state index is 11.8. The summed E-state index contributed by atoms with van der Waals surface area (Å²) in [6, 6.07) is 13.4. The van der Waals surface area contributed by atoms with Crippen molar-refractivity contribution < 1.29 is 14.3 Å². The SMILES string of the molecule is CCNC(=O)c1ccc(CNC(=NC)NCCc2ccc(OC)c(OC)c2)cc1. The largest absolute Gasteiger partial charge is 0.493 e. The van der Waals surface area contributed by atoms with Crippen molar-refractivity contribution in [2.24, 2.45) is 4.99 Å². The number of carbonyl (C=O) groups excluding carboxylic acids is 1. The molecule has 0 aliphatic carbocycles. The van der Waals surface area contributed by atoms with E-state index >= 15 is 0 Å². The molecule has 2 rings (SSSR count). The summed E-state index contributed by atoms with van der Waals surface area (Å²) in [4.78, 5) is 16.1. The lowest BCUT2D eigenvalue weighted by molar-refractivity contribution is 0.0956. The van der Waals surface area contributed by atoms with Gasteiger partial charge in [0.1, 0.15) is 0 Å². The Balaban J connectivity index is 1.81. The third-order valence-corrected chi connectivity index (χ3v) is 4.39. The lowest BCUT2D eigenvalue weighted by atomic mass is 10.1. The molecule has 0 bridgehead atoms. The van der Waals surface area contributed by atoms with Crippen LogP contribution in [0.25, 0.3) is 0 Å². The van der Waals surface area contributed by atoms with Gasteiger partial charge in [-0.05, 0) is 48.7 Å². The van der Waals surface area contributed by atoms with Gasteiger partial charge in [0.15, 0.2) is 17.5 Å². The predicted octanol–water partition coefficient (Wildman–Crippen LogP) is 2.36. The molecule has 0 aromatic heterocycles. The molecule has 156 valence electrons. The minimum atomic E-state index is -0.0559. The van der Waals surface area contributed by atoms with Crippen molar-refractivity contribution in [2.45, 2.75) is 19.9 Å². The Kier molecular flexibility index (Phi) is 8.82. The Morgan fingerprint density at radius 3 is 2.24 bits per heavy atom. The first kappa shape index (κ1) is 22.1. The lowest BCUT2D eigenvalue weighted by Crippen LogP contribution is -2.37. The fourth-order valence-electron chi connectivity index (χ4n) is 2.80. The van der Waals surface area contributed by atoms with Crippen LogP contribution in [0.15, 0.2) is 47.5 Å². The summed E-state index contributed by atoms with van der Waals surface area (Å²) < 4.78 is 10.6. The first-order valence-corrected chi connectivity index (χ1v) is 9.63. The molecule has 0 aliphatic heterocycles. The van der Waals surface area contributed by atoms with E-state index in [1.807, 2.05) is 49.4 Å². The summed E-state index contributed by atoms with van der Waals surface area (Å²) in [5, 5.41) is 9.38. The van der Waals surface area contributed by atoms with Crippen molar-refractivity contribution in [3.05, 3.63) is 59.2 Å². The van der Waals surface area contributed by atoms with E-state index in [1.165, 1.54) is 0 Å². The summed E-state index contributed by atoms with van der Waals surface area (Å²) in [5.74, 6) is 2.11. The van der Waals surface area contributed by atoms with Crippen LogP contribution >= 0.6 is 0 Å². The van der Waals surface area contributed by atoms with Crippen LogP contribution in [-0.4, -0.2) is 46.2 Å². The number of nitrogens with zero attached hydrogens (tertiary/aromatic N) is 1. The number of ether oxygens (including phenoxy) is 2. The molecule has 7 nitrogen and oxygen atoms in total. The molecule has 0 heterocycles. The standard InChI is InChI=1S/C22H30N4O3/c1-5-24-21(27)18-9-6-17(7-10-18)15-26-22(23-2)25-13-12-16-8-11-19(28-3)20(14-16)29-4/h6-11,14H,5,12-13,15H2,1-4H3,(H,24,27)(H2,23,25,26). The normalized spacial score (nSPS) is 11.0. The third kappa shape index (κ3) is 6.71. The van der Waals surface area contributed by atoms with Gasteiger partial charge >= 0.3 is 0 Å². The van der Waals surface area contributed by atoms with E-state index < -0.39 is 0 Å². The second-order valence-corrected chi connectivity index (χ2v) is 6.35. The maximum atomic E-state index is 11.8. The van der Waals surface area contributed by atoms with E-state index in [2.05, 4.69) is 20.9 Å². The Labute approximate surface area is 172 Å². The smallest absolute Gasteiger partial charge is 0.251 e. The molecule has 7 heteroatoms. The Morgan fingerprint density at radius 2 is 1.62 bits per heavy atom. The number of carbonyl (C=O) groups is 1. The fourth-order valence-corrected chi connectivity index (χ4v) is 2.80. The van der Waals surface area contributed by atoms with Crippen LogP contribution in [-0.2, 0) is 13.0 Å². The second kappa shape index (κ2) is 11.6. The van der Waals surface area contributed by atoms with Crippen LogP contribution in [0.4, 0.5) is 0 Å². The number of rotatable bonds is 9. The predicted molar refractivity (Wildman–Crippen MR) is 116 cm³/mol. The van der Waals surface area contributed by atoms with Gasteiger partial charge in [0.25, 0.3) is 5.91 Å². The summed E-state index contributed by atoms with van der Waals surface area (Å²) in [5.41, 5.74) is 2.88. The zero-order chi connectivity index (χ0) is 21.1. The zero-order valence-electron chi connectivity index (χ0n) is 17.5. The molecule has 2 aromatic carbocycles. The van der Waals surface area contributed by atoms with Crippen molar-refractivity contribution in [3.8, 4) is 11.5 Å². The fraction of sp³-hybridized carbons (Fsp3) is 0.364. The molecule has 1 amide bonds. The first-order chi connectivity index (χ1) is 14.1. The molecule has 0 radical (unpaired) electrons. The quantitative estimate of drug-likeness (QED) is 0.446. The van der Waals surface area contributed by atoms with Crippen LogP contribution in [0.2, 0.25) is 0 Å². The number of hydrogen-bond donors (Lipinski definition) is 3. The van der Waals surface area contributed by atoms with Crippen molar-refractivity contribution >= 4 is 11.9 Å². The van der Waals surface area contributed by atoms with Crippen LogP contribution in [0.1, 0.15) is 28.4 Å². The molecule has 0 unspecified atom stereocenters. The molecule has 3 N–H and O–H groups in total. The number of nitrogens with one attached hydrogen (secondary N) is 3. The molecule has 0 atom stereocenters. The minimum absolute atomic E-state index is 0.0559. The monoisotopic (exact) mass is 398 g/mol. The zero-order valence-corrected chi connectivity index (χ0v) is 17.5. The van der Waals surface area contributed by atoms with E-state index in [0.717, 1.165) is 41.6 Å². The van der Waals surface area contributed by atoms with Crippen molar-refractivity contribution in [1.82, 2.24) is 16.0 Å². The summed E-state index contributed by atoms with van der Waals surface area (Å²) in [6.45, 7) is 3.87. The number of hydrogen-bond acceptors (Lipinski definition) is 4. The van der Waals surface area contributed by atoms with Gasteiger partial charge in [-0.2, -0.15) is 0 Å². The van der Waals surface area contributed by atoms with Gasteiger partial charge < -0.3 is 25.4 Å². The molecular formula is C22H30N4O3. The summed E-state index contributed by atoms with van der Waals surface area (Å²) >= 11 is 0. The number of amides is 1. The molecular weight excluding hydrogens is 368 g/mol. The molecule has 29 heavy (non-hydrogen) atoms.